The number of aliphatic hydroxyl groups excluding tert-OH is 1. The summed E-state index contributed by atoms with van der Waals surface area (Å²) < 4.78 is 11.1. The van der Waals surface area contributed by atoms with Crippen LogP contribution in [0.4, 0.5) is 0 Å². The molecule has 7 unspecified atom stereocenters. The molecule has 122 valence electrons. The molecule has 1 N–H and O–H groups in total. The van der Waals surface area contributed by atoms with E-state index in [1.807, 2.05) is 6.92 Å². The van der Waals surface area contributed by atoms with E-state index in [1.54, 1.807) is 0 Å². The first-order valence-corrected chi connectivity index (χ1v) is 8.00. The van der Waals surface area contributed by atoms with Crippen molar-refractivity contribution in [2.24, 2.45) is 23.2 Å². The Labute approximate surface area is 130 Å². The lowest BCUT2D eigenvalue weighted by molar-refractivity contribution is -0.177. The van der Waals surface area contributed by atoms with E-state index in [9.17, 15) is 14.7 Å². The summed E-state index contributed by atoms with van der Waals surface area (Å²) in [6, 6.07) is 0. The number of fused-ring (bicyclic) bond motifs is 3. The van der Waals surface area contributed by atoms with E-state index < -0.39 is 6.10 Å². The lowest BCUT2D eigenvalue weighted by atomic mass is 9.53. The van der Waals surface area contributed by atoms with Crippen molar-refractivity contribution in [3.63, 3.8) is 0 Å². The van der Waals surface area contributed by atoms with Crippen LogP contribution in [0.1, 0.15) is 40.0 Å². The van der Waals surface area contributed by atoms with Crippen molar-refractivity contribution >= 4 is 11.9 Å². The molecule has 1 saturated heterocycles. The number of esters is 2. The second-order valence-corrected chi connectivity index (χ2v) is 7.30. The number of carbonyl (C=O) groups excluding carboxylic acids is 2. The van der Waals surface area contributed by atoms with Crippen LogP contribution >= 0.6 is 0 Å². The van der Waals surface area contributed by atoms with E-state index in [-0.39, 0.29) is 47.3 Å². The zero-order chi connectivity index (χ0) is 16.2. The van der Waals surface area contributed by atoms with Crippen molar-refractivity contribution in [2.75, 3.05) is 0 Å². The molecule has 0 aromatic heterocycles. The summed E-state index contributed by atoms with van der Waals surface area (Å²) in [5, 5.41) is 10.3. The molecule has 3 aliphatic rings. The second kappa shape index (κ2) is 5.08. The van der Waals surface area contributed by atoms with E-state index in [1.165, 1.54) is 6.92 Å². The minimum Gasteiger partial charge on any atom is -0.462 e. The maximum Gasteiger partial charge on any atom is 0.309 e. The highest BCUT2D eigenvalue weighted by atomic mass is 16.6. The van der Waals surface area contributed by atoms with Gasteiger partial charge < -0.3 is 14.6 Å². The maximum atomic E-state index is 12.0. The molecule has 0 radical (unpaired) electrons. The fourth-order valence-corrected chi connectivity index (χ4v) is 4.74. The Morgan fingerprint density at radius 3 is 2.82 bits per heavy atom. The number of rotatable bonds is 1. The van der Waals surface area contributed by atoms with Gasteiger partial charge >= 0.3 is 11.9 Å². The molecular formula is C17H24O5. The van der Waals surface area contributed by atoms with Gasteiger partial charge in [0.25, 0.3) is 0 Å². The van der Waals surface area contributed by atoms with Gasteiger partial charge in [0.15, 0.2) is 0 Å². The van der Waals surface area contributed by atoms with Crippen molar-refractivity contribution in [3.05, 3.63) is 12.2 Å². The molecule has 5 heteroatoms. The molecule has 2 aliphatic carbocycles. The lowest BCUT2D eigenvalue weighted by Crippen LogP contribution is -2.57. The summed E-state index contributed by atoms with van der Waals surface area (Å²) >= 11 is 0. The van der Waals surface area contributed by atoms with Gasteiger partial charge in [0.05, 0.1) is 12.0 Å². The largest absolute Gasteiger partial charge is 0.462 e. The minimum absolute atomic E-state index is 0.117. The monoisotopic (exact) mass is 308 g/mol. The normalized spacial score (nSPS) is 47.5. The van der Waals surface area contributed by atoms with Crippen LogP contribution in [0.25, 0.3) is 0 Å². The van der Waals surface area contributed by atoms with E-state index >= 15 is 0 Å². The van der Waals surface area contributed by atoms with Gasteiger partial charge in [0.1, 0.15) is 12.2 Å². The Morgan fingerprint density at radius 2 is 2.18 bits per heavy atom. The number of ether oxygens (including phenoxy) is 2. The Kier molecular flexibility index (Phi) is 3.59. The fourth-order valence-electron chi connectivity index (χ4n) is 4.74. The highest BCUT2D eigenvalue weighted by molar-refractivity contribution is 5.75. The molecule has 0 bridgehead atoms. The first kappa shape index (κ1) is 15.5. The van der Waals surface area contributed by atoms with E-state index in [4.69, 9.17) is 9.47 Å². The van der Waals surface area contributed by atoms with Crippen molar-refractivity contribution in [2.45, 2.75) is 58.3 Å². The molecule has 3 rings (SSSR count). The highest BCUT2D eigenvalue weighted by Gasteiger charge is 2.61. The van der Waals surface area contributed by atoms with Gasteiger partial charge in [-0.3, -0.25) is 9.59 Å². The van der Waals surface area contributed by atoms with Crippen molar-refractivity contribution in [1.82, 2.24) is 0 Å². The summed E-state index contributed by atoms with van der Waals surface area (Å²) in [5.74, 6) is -0.632. The first-order valence-electron chi connectivity index (χ1n) is 8.00. The van der Waals surface area contributed by atoms with Crippen LogP contribution in [0, 0.1) is 23.2 Å². The molecule has 1 aliphatic heterocycles. The van der Waals surface area contributed by atoms with Gasteiger partial charge in [-0.25, -0.2) is 0 Å². The van der Waals surface area contributed by atoms with Gasteiger partial charge in [-0.1, -0.05) is 20.4 Å². The molecule has 0 aromatic rings. The smallest absolute Gasteiger partial charge is 0.309 e. The first-order chi connectivity index (χ1) is 10.3. The molecule has 2 saturated carbocycles. The maximum absolute atomic E-state index is 12.0. The van der Waals surface area contributed by atoms with Crippen molar-refractivity contribution in [1.29, 1.82) is 0 Å². The molecule has 3 fully saturated rings. The summed E-state index contributed by atoms with van der Waals surface area (Å²) in [5.41, 5.74) is 0.371. The van der Waals surface area contributed by atoms with Gasteiger partial charge in [-0.15, -0.1) is 0 Å². The Morgan fingerprint density at radius 1 is 1.50 bits per heavy atom. The van der Waals surface area contributed by atoms with Gasteiger partial charge in [-0.2, -0.15) is 0 Å². The highest BCUT2D eigenvalue weighted by Crippen LogP contribution is 2.58. The lowest BCUT2D eigenvalue weighted by Gasteiger charge is -2.54. The molecule has 5 nitrogen and oxygen atoms in total. The van der Waals surface area contributed by atoms with Crippen LogP contribution in [0.3, 0.4) is 0 Å². The molecule has 0 amide bonds. The standard InChI is InChI=1S/C17H24O5/c1-8-11-5-6-17(4)13(21-10(3)18)7-12(19)9(2)14(17)15(11)22-16(8)20/h8,11-15,19H,2,5-7H2,1,3-4H3. The quantitative estimate of drug-likeness (QED) is 0.591. The molecule has 0 spiro atoms. The topological polar surface area (TPSA) is 72.8 Å². The molecular weight excluding hydrogens is 284 g/mol. The third-order valence-electron chi connectivity index (χ3n) is 6.05. The van der Waals surface area contributed by atoms with E-state index in [0.29, 0.717) is 12.0 Å². The number of hydrogen-bond acceptors (Lipinski definition) is 5. The molecule has 1 heterocycles. The third-order valence-corrected chi connectivity index (χ3v) is 6.05. The van der Waals surface area contributed by atoms with Crippen molar-refractivity contribution < 1.29 is 24.2 Å². The number of hydrogen-bond donors (Lipinski definition) is 1. The zero-order valence-corrected chi connectivity index (χ0v) is 13.4. The third kappa shape index (κ3) is 2.09. The van der Waals surface area contributed by atoms with Gasteiger partial charge in [0.2, 0.25) is 0 Å². The molecule has 7 atom stereocenters. The Bertz CT molecular complexity index is 527. The van der Waals surface area contributed by atoms with Gasteiger partial charge in [0, 0.05) is 30.6 Å². The molecule has 0 aromatic carbocycles. The van der Waals surface area contributed by atoms with Crippen molar-refractivity contribution in [3.8, 4) is 0 Å². The molecule has 22 heavy (non-hydrogen) atoms. The number of aliphatic hydroxyl groups is 1. The van der Waals surface area contributed by atoms with Crippen LogP contribution < -0.4 is 0 Å². The summed E-state index contributed by atoms with van der Waals surface area (Å²) in [4.78, 5) is 23.4. The summed E-state index contributed by atoms with van der Waals surface area (Å²) in [7, 11) is 0. The van der Waals surface area contributed by atoms with Gasteiger partial charge in [-0.05, 0) is 18.4 Å². The van der Waals surface area contributed by atoms with Crippen LogP contribution in [0.2, 0.25) is 0 Å². The average molecular weight is 308 g/mol. The van der Waals surface area contributed by atoms with E-state index in [0.717, 1.165) is 12.8 Å². The predicted molar refractivity (Wildman–Crippen MR) is 78.7 cm³/mol. The van der Waals surface area contributed by atoms with Crippen LogP contribution in [-0.2, 0) is 19.1 Å². The van der Waals surface area contributed by atoms with E-state index in [2.05, 4.69) is 13.5 Å². The summed E-state index contributed by atoms with van der Waals surface area (Å²) in [6.07, 6.45) is 0.713. The van der Waals surface area contributed by atoms with Crippen LogP contribution in [-0.4, -0.2) is 35.4 Å². The second-order valence-electron chi connectivity index (χ2n) is 7.30. The SMILES string of the molecule is C=C1C(O)CC(OC(C)=O)C2(C)CCC3C(C)C(=O)OC3C12. The Balaban J connectivity index is 1.97. The fraction of sp³-hybridized carbons (Fsp3) is 0.765. The van der Waals surface area contributed by atoms with Crippen LogP contribution in [0.15, 0.2) is 12.2 Å². The average Bonchev–Trinajstić information content (AvgIpc) is 2.71. The minimum atomic E-state index is -0.726. The Hall–Kier alpha value is -1.36. The summed E-state index contributed by atoms with van der Waals surface area (Å²) in [6.45, 7) is 9.42. The number of carbonyl (C=O) groups is 2. The zero-order valence-electron chi connectivity index (χ0n) is 13.4. The predicted octanol–water partition coefficient (Wildman–Crippen LogP) is 1.83. The van der Waals surface area contributed by atoms with Crippen LogP contribution in [0.5, 0.6) is 0 Å².